The average Bonchev–Trinajstić information content (AvgIpc) is 2.66. The highest BCUT2D eigenvalue weighted by Gasteiger charge is 2.53. The maximum absolute atomic E-state index is 12.4. The summed E-state index contributed by atoms with van der Waals surface area (Å²) in [6.07, 6.45) is 3.42. The summed E-state index contributed by atoms with van der Waals surface area (Å²) in [7, 11) is 2.35. The molecular weight excluding hydrogens is 388 g/mol. The predicted molar refractivity (Wildman–Crippen MR) is 111 cm³/mol. The second kappa shape index (κ2) is 9.50. The molecule has 0 radical (unpaired) electrons. The van der Waals surface area contributed by atoms with Gasteiger partial charge in [-0.15, -0.1) is 0 Å². The van der Waals surface area contributed by atoms with Crippen LogP contribution in [-0.2, 0) is 28.6 Å². The normalized spacial score (nSPS) is 30.0. The van der Waals surface area contributed by atoms with Gasteiger partial charge in [0.15, 0.2) is 6.10 Å². The summed E-state index contributed by atoms with van der Waals surface area (Å²) < 4.78 is 15.5. The maximum atomic E-state index is 12.4. The Morgan fingerprint density at radius 2 is 1.77 bits per heavy atom. The van der Waals surface area contributed by atoms with Crippen LogP contribution in [0.4, 0.5) is 0 Å². The molecule has 2 rings (SSSR count). The number of fused-ring (bicyclic) bond motifs is 1. The molecule has 5 atom stereocenters. The Bertz CT molecular complexity index is 683. The first-order valence-electron chi connectivity index (χ1n) is 10.6. The molecule has 2 aliphatic carbocycles. The number of esters is 2. The molecule has 2 aliphatic rings. The van der Waals surface area contributed by atoms with E-state index in [0.29, 0.717) is 5.92 Å². The molecule has 0 aliphatic heterocycles. The highest BCUT2D eigenvalue weighted by molar-refractivity contribution is 5.86. The van der Waals surface area contributed by atoms with Gasteiger partial charge in [-0.1, -0.05) is 39.3 Å². The molecular formula is C23H36O7. The molecule has 0 aromatic heterocycles. The number of carbonyl (C=O) groups excluding carboxylic acids is 2. The van der Waals surface area contributed by atoms with Crippen molar-refractivity contribution in [3.05, 3.63) is 12.2 Å². The van der Waals surface area contributed by atoms with Crippen LogP contribution in [0.25, 0.3) is 0 Å². The molecule has 7 nitrogen and oxygen atoms in total. The smallest absolute Gasteiger partial charge is 0.335 e. The fraction of sp³-hybridized carbons (Fsp3) is 0.783. The summed E-state index contributed by atoms with van der Waals surface area (Å²) in [5, 5.41) is 9.21. The monoisotopic (exact) mass is 424 g/mol. The number of rotatable bonds is 8. The van der Waals surface area contributed by atoms with Crippen LogP contribution in [0.1, 0.15) is 59.3 Å². The first kappa shape index (κ1) is 24.4. The van der Waals surface area contributed by atoms with Gasteiger partial charge in [-0.25, -0.2) is 4.79 Å². The lowest BCUT2D eigenvalue weighted by Crippen LogP contribution is -2.51. The highest BCUT2D eigenvalue weighted by atomic mass is 16.6. The fourth-order valence-electron chi connectivity index (χ4n) is 5.90. The number of carbonyl (C=O) groups is 3. The van der Waals surface area contributed by atoms with Crippen molar-refractivity contribution in [2.24, 2.45) is 28.6 Å². The third-order valence-corrected chi connectivity index (χ3v) is 7.46. The lowest BCUT2D eigenvalue weighted by molar-refractivity contribution is -0.173. The van der Waals surface area contributed by atoms with E-state index in [2.05, 4.69) is 27.4 Å². The van der Waals surface area contributed by atoms with Crippen LogP contribution >= 0.6 is 0 Å². The molecule has 30 heavy (non-hydrogen) atoms. The average molecular weight is 425 g/mol. The van der Waals surface area contributed by atoms with Crippen LogP contribution < -0.4 is 0 Å². The van der Waals surface area contributed by atoms with Crippen molar-refractivity contribution in [2.45, 2.75) is 65.4 Å². The van der Waals surface area contributed by atoms with Gasteiger partial charge < -0.3 is 19.3 Å². The van der Waals surface area contributed by atoms with Gasteiger partial charge in [0.1, 0.15) is 5.92 Å². The van der Waals surface area contributed by atoms with Gasteiger partial charge in [0.25, 0.3) is 0 Å². The molecule has 2 fully saturated rings. The Balaban J connectivity index is 2.28. The minimum absolute atomic E-state index is 0.0195. The molecule has 170 valence electrons. The zero-order chi connectivity index (χ0) is 22.7. The van der Waals surface area contributed by atoms with Crippen LogP contribution in [0.2, 0.25) is 0 Å². The van der Waals surface area contributed by atoms with Crippen LogP contribution in [0.5, 0.6) is 0 Å². The molecule has 1 N–H and O–H groups in total. The molecule has 2 saturated carbocycles. The zero-order valence-corrected chi connectivity index (χ0v) is 18.9. The van der Waals surface area contributed by atoms with Crippen LogP contribution in [-0.4, -0.2) is 49.9 Å². The minimum atomic E-state index is -1.34. The molecule has 0 aromatic rings. The topological polar surface area (TPSA) is 99.1 Å². The van der Waals surface area contributed by atoms with Crippen LogP contribution in [0.15, 0.2) is 12.2 Å². The molecule has 0 spiro atoms. The number of methoxy groups -OCH3 is 2. The Hall–Kier alpha value is -1.89. The Morgan fingerprint density at radius 3 is 2.33 bits per heavy atom. The van der Waals surface area contributed by atoms with E-state index in [1.54, 1.807) is 0 Å². The standard InChI is InChI=1S/C23H36O7/c1-14-8-9-17-22(2,3)10-7-11-23(17,4)16(14)13-30-19(21(27)29-6)15(12-18(24)25)20(26)28-5/h15-17,19H,1,7-13H2,2-6H3,(H,24,25). The number of carboxylic acid groups (broad SMARTS) is 1. The fourth-order valence-corrected chi connectivity index (χ4v) is 5.90. The van der Waals surface area contributed by atoms with Gasteiger partial charge in [0.2, 0.25) is 0 Å². The van der Waals surface area contributed by atoms with E-state index >= 15 is 0 Å². The number of hydrogen-bond donors (Lipinski definition) is 1. The van der Waals surface area contributed by atoms with E-state index in [1.165, 1.54) is 13.5 Å². The Labute approximate surface area is 179 Å². The molecule has 5 unspecified atom stereocenters. The maximum Gasteiger partial charge on any atom is 0.335 e. The second-order valence-corrected chi connectivity index (χ2v) is 9.65. The van der Waals surface area contributed by atoms with Gasteiger partial charge in [-0.05, 0) is 42.4 Å². The number of hydrogen-bond acceptors (Lipinski definition) is 6. The van der Waals surface area contributed by atoms with Crippen molar-refractivity contribution in [1.29, 1.82) is 0 Å². The largest absolute Gasteiger partial charge is 0.481 e. The van der Waals surface area contributed by atoms with Crippen molar-refractivity contribution < 1.29 is 33.7 Å². The van der Waals surface area contributed by atoms with Gasteiger partial charge in [-0.2, -0.15) is 0 Å². The lowest BCUT2D eigenvalue weighted by Gasteiger charge is -2.58. The van der Waals surface area contributed by atoms with E-state index in [0.717, 1.165) is 38.4 Å². The first-order chi connectivity index (χ1) is 14.0. The Kier molecular flexibility index (Phi) is 7.72. The third-order valence-electron chi connectivity index (χ3n) is 7.46. The van der Waals surface area contributed by atoms with Crippen molar-refractivity contribution in [3.8, 4) is 0 Å². The first-order valence-corrected chi connectivity index (χ1v) is 10.6. The molecule has 0 bridgehead atoms. The highest BCUT2D eigenvalue weighted by Crippen LogP contribution is 2.60. The summed E-state index contributed by atoms with van der Waals surface area (Å²) in [6, 6.07) is 0. The molecule has 0 amide bonds. The van der Waals surface area contributed by atoms with Gasteiger partial charge in [-0.3, -0.25) is 9.59 Å². The van der Waals surface area contributed by atoms with Crippen molar-refractivity contribution in [2.75, 3.05) is 20.8 Å². The van der Waals surface area contributed by atoms with Crippen LogP contribution in [0, 0.1) is 28.6 Å². The van der Waals surface area contributed by atoms with E-state index in [1.807, 2.05) is 0 Å². The lowest BCUT2D eigenvalue weighted by atomic mass is 9.48. The van der Waals surface area contributed by atoms with Gasteiger partial charge >= 0.3 is 17.9 Å². The molecule has 0 heterocycles. The van der Waals surface area contributed by atoms with E-state index in [-0.39, 0.29) is 23.4 Å². The third kappa shape index (κ3) is 4.88. The summed E-state index contributed by atoms with van der Waals surface area (Å²) in [5.74, 6) is -3.55. The van der Waals surface area contributed by atoms with Gasteiger partial charge in [0.05, 0.1) is 27.2 Å². The van der Waals surface area contributed by atoms with Crippen molar-refractivity contribution in [1.82, 2.24) is 0 Å². The summed E-state index contributed by atoms with van der Waals surface area (Å²) in [5.41, 5.74) is 1.28. The summed E-state index contributed by atoms with van der Waals surface area (Å²) in [4.78, 5) is 35.9. The van der Waals surface area contributed by atoms with Crippen molar-refractivity contribution in [3.63, 3.8) is 0 Å². The summed E-state index contributed by atoms with van der Waals surface area (Å²) in [6.45, 7) is 11.4. The molecule has 7 heteroatoms. The Morgan fingerprint density at radius 1 is 1.13 bits per heavy atom. The van der Waals surface area contributed by atoms with Gasteiger partial charge in [0, 0.05) is 5.92 Å². The predicted octanol–water partition coefficient (Wildman–Crippen LogP) is 3.61. The number of carboxylic acids is 1. The van der Waals surface area contributed by atoms with E-state index in [9.17, 15) is 19.5 Å². The SMILES string of the molecule is C=C1CCC2C(C)(C)CCCC2(C)C1COC(C(=O)OC)C(CC(=O)O)C(=O)OC. The number of aliphatic carboxylic acids is 1. The number of ether oxygens (including phenoxy) is 3. The van der Waals surface area contributed by atoms with E-state index in [4.69, 9.17) is 14.2 Å². The summed E-state index contributed by atoms with van der Waals surface area (Å²) >= 11 is 0. The van der Waals surface area contributed by atoms with E-state index < -0.39 is 36.4 Å². The second-order valence-electron chi connectivity index (χ2n) is 9.65. The zero-order valence-electron chi connectivity index (χ0n) is 18.9. The quantitative estimate of drug-likeness (QED) is 0.469. The van der Waals surface area contributed by atoms with Crippen LogP contribution in [0.3, 0.4) is 0 Å². The van der Waals surface area contributed by atoms with Crippen molar-refractivity contribution >= 4 is 17.9 Å². The minimum Gasteiger partial charge on any atom is -0.481 e. The molecule has 0 saturated heterocycles. The molecule has 0 aromatic carbocycles.